The number of para-hydroxylation sites is 1. The molecular weight excluding hydrogens is 400 g/mol. The van der Waals surface area contributed by atoms with Crippen LogP contribution < -0.4 is 4.90 Å². The van der Waals surface area contributed by atoms with Crippen molar-refractivity contribution in [3.8, 4) is 6.07 Å². The number of benzene rings is 2. The lowest BCUT2D eigenvalue weighted by molar-refractivity contribution is -0.384. The number of rotatable bonds is 4. The largest absolute Gasteiger partial charge is 0.343 e. The first kappa shape index (κ1) is 20.0. The van der Waals surface area contributed by atoms with Crippen molar-refractivity contribution >= 4 is 29.0 Å². The molecule has 0 aromatic heterocycles. The Morgan fingerprint density at radius 1 is 1.27 bits per heavy atom. The first-order valence-electron chi connectivity index (χ1n) is 9.68. The Morgan fingerprint density at radius 2 is 2.07 bits per heavy atom. The zero-order chi connectivity index (χ0) is 21.3. The van der Waals surface area contributed by atoms with Crippen molar-refractivity contribution in [2.45, 2.75) is 25.7 Å². The number of non-ortho nitro benzene ring substituents is 1. The van der Waals surface area contributed by atoms with Gasteiger partial charge in [-0.15, -0.1) is 0 Å². The third-order valence-electron chi connectivity index (χ3n) is 5.49. The smallest absolute Gasteiger partial charge is 0.269 e. The van der Waals surface area contributed by atoms with Crippen LogP contribution in [0, 0.1) is 21.4 Å². The summed E-state index contributed by atoms with van der Waals surface area (Å²) in [4.78, 5) is 27.5. The predicted molar refractivity (Wildman–Crippen MR) is 116 cm³/mol. The number of anilines is 1. The molecule has 30 heavy (non-hydrogen) atoms. The molecule has 1 atom stereocenters. The number of aryl methyl sites for hydroxylation is 1. The molecule has 2 aliphatic heterocycles. The Hall–Kier alpha value is -3.31. The van der Waals surface area contributed by atoms with E-state index >= 15 is 0 Å². The van der Waals surface area contributed by atoms with Gasteiger partial charge in [-0.1, -0.05) is 49.0 Å². The lowest BCUT2D eigenvalue weighted by atomic mass is 9.86. The fourth-order valence-corrected chi connectivity index (χ4v) is 5.13. The summed E-state index contributed by atoms with van der Waals surface area (Å²) in [5.74, 6) is 0.0884. The Labute approximate surface area is 178 Å². The molecule has 0 saturated carbocycles. The lowest BCUT2D eigenvalue weighted by Crippen LogP contribution is -2.47. The van der Waals surface area contributed by atoms with Crippen LogP contribution in [0.5, 0.6) is 0 Å². The molecule has 1 fully saturated rings. The number of nitrogens with zero attached hydrogens (tertiary/aromatic N) is 4. The van der Waals surface area contributed by atoms with E-state index in [1.54, 1.807) is 17.0 Å². The van der Waals surface area contributed by atoms with E-state index in [0.29, 0.717) is 28.7 Å². The topological polar surface area (TPSA) is 90.5 Å². The minimum atomic E-state index is -0.462. The summed E-state index contributed by atoms with van der Waals surface area (Å²) in [5.41, 5.74) is 3.40. The summed E-state index contributed by atoms with van der Waals surface area (Å²) in [7, 11) is 0. The minimum absolute atomic E-state index is 0.0386. The van der Waals surface area contributed by atoms with E-state index in [0.717, 1.165) is 12.1 Å². The van der Waals surface area contributed by atoms with Crippen LogP contribution in [0.4, 0.5) is 11.4 Å². The zero-order valence-electron chi connectivity index (χ0n) is 16.4. The van der Waals surface area contributed by atoms with Gasteiger partial charge in [-0.2, -0.15) is 5.26 Å². The first-order chi connectivity index (χ1) is 14.5. The zero-order valence-corrected chi connectivity index (χ0v) is 17.3. The lowest BCUT2D eigenvalue weighted by Gasteiger charge is -2.42. The standard InChI is InChI=1S/C22H20N4O3S/c1-2-15-6-3-4-9-20(15)24-13-25-21(27)11-18(19(12-23)22(25)30-14-24)16-7-5-8-17(10-16)26(28)29/h3-10,18H,2,11,13-14H2,1H3. The van der Waals surface area contributed by atoms with Gasteiger partial charge in [0.1, 0.15) is 0 Å². The maximum Gasteiger partial charge on any atom is 0.269 e. The number of amides is 1. The second-order valence-corrected chi connectivity index (χ2v) is 8.13. The molecule has 8 heteroatoms. The van der Waals surface area contributed by atoms with Crippen LogP contribution in [0.3, 0.4) is 0 Å². The quantitative estimate of drug-likeness (QED) is 0.539. The number of hydrogen-bond acceptors (Lipinski definition) is 6. The molecule has 2 aromatic carbocycles. The van der Waals surface area contributed by atoms with Gasteiger partial charge in [0, 0.05) is 30.2 Å². The maximum atomic E-state index is 13.0. The number of nitro groups is 1. The van der Waals surface area contributed by atoms with Crippen molar-refractivity contribution < 1.29 is 9.72 Å². The highest BCUT2D eigenvalue weighted by atomic mass is 32.2. The average molecular weight is 420 g/mol. The van der Waals surface area contributed by atoms with Gasteiger partial charge in [-0.3, -0.25) is 19.8 Å². The first-order valence-corrected chi connectivity index (χ1v) is 10.7. The molecule has 2 aromatic rings. The highest BCUT2D eigenvalue weighted by Gasteiger charge is 2.38. The molecule has 0 radical (unpaired) electrons. The highest BCUT2D eigenvalue weighted by molar-refractivity contribution is 8.03. The van der Waals surface area contributed by atoms with Gasteiger partial charge in [-0.05, 0) is 23.6 Å². The fraction of sp³-hybridized carbons (Fsp3) is 0.273. The fourth-order valence-electron chi connectivity index (χ4n) is 3.97. The van der Waals surface area contributed by atoms with Crippen LogP contribution in [0.15, 0.2) is 59.1 Å². The summed E-state index contributed by atoms with van der Waals surface area (Å²) in [5, 5.41) is 21.7. The van der Waals surface area contributed by atoms with Crippen molar-refractivity contribution in [1.29, 1.82) is 5.26 Å². The summed E-state index contributed by atoms with van der Waals surface area (Å²) in [6.07, 6.45) is 1.02. The van der Waals surface area contributed by atoms with E-state index in [2.05, 4.69) is 30.0 Å². The van der Waals surface area contributed by atoms with Gasteiger partial charge in [0.25, 0.3) is 5.69 Å². The molecule has 0 N–H and O–H groups in total. The Kier molecular flexibility index (Phi) is 5.46. The highest BCUT2D eigenvalue weighted by Crippen LogP contribution is 2.44. The van der Waals surface area contributed by atoms with Crippen molar-refractivity contribution in [2.75, 3.05) is 17.4 Å². The van der Waals surface area contributed by atoms with Crippen LogP contribution in [0.2, 0.25) is 0 Å². The van der Waals surface area contributed by atoms with Crippen LogP contribution in [0.25, 0.3) is 0 Å². The SMILES string of the molecule is CCc1ccccc1N1CSC2=C(C#N)C(c3cccc([N+](=O)[O-])c3)CC(=O)N2C1. The van der Waals surface area contributed by atoms with Gasteiger partial charge < -0.3 is 4.90 Å². The number of hydrogen-bond donors (Lipinski definition) is 0. The van der Waals surface area contributed by atoms with E-state index in [9.17, 15) is 20.2 Å². The van der Waals surface area contributed by atoms with E-state index in [1.807, 2.05) is 12.1 Å². The second kappa shape index (κ2) is 8.20. The summed E-state index contributed by atoms with van der Waals surface area (Å²) in [6.45, 7) is 2.50. The molecule has 1 saturated heterocycles. The summed E-state index contributed by atoms with van der Waals surface area (Å²) in [6, 6.07) is 16.6. The molecule has 7 nitrogen and oxygen atoms in total. The monoisotopic (exact) mass is 420 g/mol. The second-order valence-electron chi connectivity index (χ2n) is 7.20. The minimum Gasteiger partial charge on any atom is -0.343 e. The van der Waals surface area contributed by atoms with E-state index < -0.39 is 10.8 Å². The predicted octanol–water partition coefficient (Wildman–Crippen LogP) is 4.38. The van der Waals surface area contributed by atoms with Crippen molar-refractivity contribution in [3.05, 3.63) is 80.4 Å². The van der Waals surface area contributed by atoms with E-state index in [4.69, 9.17) is 0 Å². The third-order valence-corrected chi connectivity index (χ3v) is 6.64. The van der Waals surface area contributed by atoms with Gasteiger partial charge in [0.05, 0.1) is 34.1 Å². The Morgan fingerprint density at radius 3 is 2.80 bits per heavy atom. The molecule has 2 heterocycles. The van der Waals surface area contributed by atoms with Crippen molar-refractivity contribution in [1.82, 2.24) is 4.90 Å². The van der Waals surface area contributed by atoms with Crippen LogP contribution in [0.1, 0.15) is 30.4 Å². The number of thioether (sulfide) groups is 1. The van der Waals surface area contributed by atoms with Gasteiger partial charge in [0.2, 0.25) is 5.91 Å². The van der Waals surface area contributed by atoms with Gasteiger partial charge in [-0.25, -0.2) is 0 Å². The number of carbonyl (C=O) groups is 1. The number of carbonyl (C=O) groups excluding carboxylic acids is 1. The van der Waals surface area contributed by atoms with Crippen LogP contribution in [-0.4, -0.2) is 28.3 Å². The van der Waals surface area contributed by atoms with Gasteiger partial charge >= 0.3 is 0 Å². The molecule has 1 amide bonds. The number of nitro benzene ring substituents is 1. The maximum absolute atomic E-state index is 13.0. The normalized spacial score (nSPS) is 18.8. The Balaban J connectivity index is 1.68. The molecule has 4 rings (SSSR count). The molecule has 1 unspecified atom stereocenters. The number of nitriles is 1. The third kappa shape index (κ3) is 3.53. The molecule has 0 aliphatic carbocycles. The molecule has 152 valence electrons. The average Bonchev–Trinajstić information content (AvgIpc) is 2.78. The van der Waals surface area contributed by atoms with E-state index in [-0.39, 0.29) is 18.0 Å². The van der Waals surface area contributed by atoms with Crippen LogP contribution in [-0.2, 0) is 11.2 Å². The molecular formula is C22H20N4O3S. The number of fused-ring (bicyclic) bond motifs is 1. The molecule has 0 spiro atoms. The molecule has 2 aliphatic rings. The van der Waals surface area contributed by atoms with Gasteiger partial charge in [0.15, 0.2) is 0 Å². The molecule has 0 bridgehead atoms. The van der Waals surface area contributed by atoms with E-state index in [1.165, 1.54) is 29.5 Å². The van der Waals surface area contributed by atoms with Crippen molar-refractivity contribution in [3.63, 3.8) is 0 Å². The van der Waals surface area contributed by atoms with Crippen molar-refractivity contribution in [2.24, 2.45) is 0 Å². The summed E-state index contributed by atoms with van der Waals surface area (Å²) >= 11 is 1.47. The Bertz CT molecular complexity index is 1090. The summed E-state index contributed by atoms with van der Waals surface area (Å²) < 4.78 is 0. The van der Waals surface area contributed by atoms with Crippen LogP contribution >= 0.6 is 11.8 Å². The number of allylic oxidation sites excluding steroid dienone is 1.